The molecule has 1 saturated heterocycles. The Balaban J connectivity index is 1.33. The molecule has 2 N–H and O–H groups in total. The van der Waals surface area contributed by atoms with Crippen molar-refractivity contribution in [2.45, 2.75) is 26.2 Å². The second-order valence-electron chi connectivity index (χ2n) is 7.51. The van der Waals surface area contributed by atoms with Crippen LogP contribution in [0.5, 0.6) is 0 Å². The average molecular weight is 364 g/mol. The molecule has 1 aliphatic carbocycles. The molecule has 4 rings (SSSR count). The monoisotopic (exact) mass is 364 g/mol. The zero-order chi connectivity index (χ0) is 18.9. The molecule has 6 heteroatoms. The Kier molecular flexibility index (Phi) is 4.56. The Labute approximate surface area is 159 Å². The van der Waals surface area contributed by atoms with Crippen LogP contribution >= 0.6 is 0 Å². The van der Waals surface area contributed by atoms with Gasteiger partial charge in [0.05, 0.1) is 11.9 Å². The van der Waals surface area contributed by atoms with E-state index in [0.29, 0.717) is 18.8 Å². The Bertz CT molecular complexity index is 854. The molecule has 27 heavy (non-hydrogen) atoms. The van der Waals surface area contributed by atoms with Crippen molar-refractivity contribution in [3.05, 3.63) is 54.4 Å². The van der Waals surface area contributed by atoms with Gasteiger partial charge < -0.3 is 15.5 Å². The van der Waals surface area contributed by atoms with Gasteiger partial charge in [0.15, 0.2) is 0 Å². The van der Waals surface area contributed by atoms with Crippen LogP contribution in [0, 0.1) is 11.3 Å². The first-order chi connectivity index (χ1) is 13.1. The normalized spacial score (nSPS) is 23.3. The predicted molar refractivity (Wildman–Crippen MR) is 104 cm³/mol. The quantitative estimate of drug-likeness (QED) is 0.872. The van der Waals surface area contributed by atoms with Crippen LogP contribution in [-0.2, 0) is 11.2 Å². The third-order valence-electron chi connectivity index (χ3n) is 5.69. The van der Waals surface area contributed by atoms with E-state index in [-0.39, 0.29) is 23.3 Å². The van der Waals surface area contributed by atoms with Crippen molar-refractivity contribution in [2.24, 2.45) is 11.3 Å². The first kappa shape index (κ1) is 17.5. The van der Waals surface area contributed by atoms with E-state index in [0.717, 1.165) is 24.9 Å². The molecular formula is C21H24N4O2. The molecule has 0 radical (unpaired) electrons. The van der Waals surface area contributed by atoms with Gasteiger partial charge in [0.25, 0.3) is 0 Å². The first-order valence-electron chi connectivity index (χ1n) is 9.45. The van der Waals surface area contributed by atoms with Gasteiger partial charge in [-0.2, -0.15) is 0 Å². The fourth-order valence-corrected chi connectivity index (χ4v) is 3.98. The molecule has 1 saturated carbocycles. The van der Waals surface area contributed by atoms with Gasteiger partial charge in [-0.15, -0.1) is 0 Å². The maximum absolute atomic E-state index is 12.6. The van der Waals surface area contributed by atoms with Gasteiger partial charge in [-0.3, -0.25) is 9.78 Å². The predicted octanol–water partition coefficient (Wildman–Crippen LogP) is 3.53. The van der Waals surface area contributed by atoms with Gasteiger partial charge in [-0.25, -0.2) is 4.79 Å². The SMILES string of the molecule is CCc1cccc(NC(=O)N2CC[C@]3(C[C@H]3C(=O)Nc3cccnc3)C2)c1. The standard InChI is InChI=1S/C21H24N4O2/c1-2-15-5-3-6-16(11-15)24-20(27)25-10-8-21(14-25)12-18(21)19(26)23-17-7-4-9-22-13-17/h3-7,9,11,13,18H,2,8,10,12,14H2,1H3,(H,23,26)(H,24,27)/t18-,21-/m0/s1. The fourth-order valence-electron chi connectivity index (χ4n) is 3.98. The number of hydrogen-bond donors (Lipinski definition) is 2. The molecule has 1 aromatic carbocycles. The largest absolute Gasteiger partial charge is 0.324 e. The molecule has 3 amide bonds. The number of aromatic nitrogens is 1. The maximum atomic E-state index is 12.6. The molecule has 2 atom stereocenters. The summed E-state index contributed by atoms with van der Waals surface area (Å²) in [4.78, 5) is 31.0. The number of urea groups is 1. The van der Waals surface area contributed by atoms with E-state index in [4.69, 9.17) is 0 Å². The summed E-state index contributed by atoms with van der Waals surface area (Å²) < 4.78 is 0. The number of pyridine rings is 1. The lowest BCUT2D eigenvalue weighted by molar-refractivity contribution is -0.118. The summed E-state index contributed by atoms with van der Waals surface area (Å²) in [5.74, 6) is -0.000157. The molecule has 0 bridgehead atoms. The first-order valence-corrected chi connectivity index (χ1v) is 9.45. The number of carbonyl (C=O) groups is 2. The van der Waals surface area contributed by atoms with Crippen LogP contribution in [-0.4, -0.2) is 34.9 Å². The van der Waals surface area contributed by atoms with Crippen LogP contribution in [0.3, 0.4) is 0 Å². The molecule has 0 unspecified atom stereocenters. The summed E-state index contributed by atoms with van der Waals surface area (Å²) in [5, 5.41) is 5.92. The second kappa shape index (κ2) is 7.02. The minimum absolute atomic E-state index is 0.0286. The zero-order valence-electron chi connectivity index (χ0n) is 15.4. The van der Waals surface area contributed by atoms with E-state index in [1.54, 1.807) is 18.5 Å². The number of carbonyl (C=O) groups excluding carboxylic acids is 2. The molecule has 1 aliphatic heterocycles. The van der Waals surface area contributed by atoms with Gasteiger partial charge in [0.2, 0.25) is 5.91 Å². The molecule has 1 aromatic heterocycles. The molecule has 2 heterocycles. The number of nitrogens with zero attached hydrogens (tertiary/aromatic N) is 2. The minimum atomic E-state index is -0.0848. The lowest BCUT2D eigenvalue weighted by Crippen LogP contribution is -2.33. The smallest absolute Gasteiger partial charge is 0.321 e. The van der Waals surface area contributed by atoms with Crippen molar-refractivity contribution in [3.8, 4) is 0 Å². The topological polar surface area (TPSA) is 74.3 Å². The molecular weight excluding hydrogens is 340 g/mol. The highest BCUT2D eigenvalue weighted by molar-refractivity contribution is 5.95. The van der Waals surface area contributed by atoms with Crippen LogP contribution in [0.15, 0.2) is 48.8 Å². The van der Waals surface area contributed by atoms with Crippen molar-refractivity contribution in [3.63, 3.8) is 0 Å². The van der Waals surface area contributed by atoms with Crippen molar-refractivity contribution in [1.29, 1.82) is 0 Å². The van der Waals surface area contributed by atoms with Crippen LogP contribution < -0.4 is 10.6 Å². The number of nitrogens with one attached hydrogen (secondary N) is 2. The van der Waals surface area contributed by atoms with Gasteiger partial charge in [0.1, 0.15) is 0 Å². The number of hydrogen-bond acceptors (Lipinski definition) is 3. The number of benzene rings is 1. The van der Waals surface area contributed by atoms with E-state index >= 15 is 0 Å². The third-order valence-corrected chi connectivity index (χ3v) is 5.69. The summed E-state index contributed by atoms with van der Waals surface area (Å²) in [6.45, 7) is 3.42. The number of amides is 3. The van der Waals surface area contributed by atoms with E-state index in [9.17, 15) is 9.59 Å². The number of likely N-dealkylation sites (tertiary alicyclic amines) is 1. The highest BCUT2D eigenvalue weighted by Crippen LogP contribution is 2.58. The van der Waals surface area contributed by atoms with Crippen molar-refractivity contribution < 1.29 is 9.59 Å². The molecule has 2 aliphatic rings. The summed E-state index contributed by atoms with van der Waals surface area (Å²) in [6, 6.07) is 11.5. The summed E-state index contributed by atoms with van der Waals surface area (Å²) in [7, 11) is 0. The van der Waals surface area contributed by atoms with Crippen molar-refractivity contribution >= 4 is 23.3 Å². The highest BCUT2D eigenvalue weighted by Gasteiger charge is 2.61. The summed E-state index contributed by atoms with van der Waals surface area (Å²) >= 11 is 0. The molecule has 140 valence electrons. The van der Waals surface area contributed by atoms with Crippen LogP contribution in [0.4, 0.5) is 16.2 Å². The fraction of sp³-hybridized carbons (Fsp3) is 0.381. The molecule has 6 nitrogen and oxygen atoms in total. The van der Waals surface area contributed by atoms with Gasteiger partial charge in [-0.05, 0) is 49.1 Å². The number of anilines is 2. The summed E-state index contributed by atoms with van der Waals surface area (Å²) in [6.07, 6.45) is 5.97. The average Bonchev–Trinajstić information content (AvgIpc) is 3.22. The van der Waals surface area contributed by atoms with Gasteiger partial charge in [-0.1, -0.05) is 19.1 Å². The van der Waals surface area contributed by atoms with E-state index in [2.05, 4.69) is 28.6 Å². The van der Waals surface area contributed by atoms with Gasteiger partial charge in [0, 0.05) is 36.3 Å². The lowest BCUT2D eigenvalue weighted by atomic mass is 10.0. The van der Waals surface area contributed by atoms with Crippen LogP contribution in [0.1, 0.15) is 25.3 Å². The Morgan fingerprint density at radius 2 is 2.07 bits per heavy atom. The minimum Gasteiger partial charge on any atom is -0.324 e. The highest BCUT2D eigenvalue weighted by atomic mass is 16.2. The number of aryl methyl sites for hydroxylation is 1. The number of rotatable bonds is 4. The van der Waals surface area contributed by atoms with Crippen molar-refractivity contribution in [2.75, 3.05) is 23.7 Å². The molecule has 1 spiro atoms. The van der Waals surface area contributed by atoms with Crippen molar-refractivity contribution in [1.82, 2.24) is 9.88 Å². The Morgan fingerprint density at radius 3 is 2.85 bits per heavy atom. The zero-order valence-corrected chi connectivity index (χ0v) is 15.4. The maximum Gasteiger partial charge on any atom is 0.321 e. The third kappa shape index (κ3) is 3.65. The molecule has 2 aromatic rings. The Hall–Kier alpha value is -2.89. The van der Waals surface area contributed by atoms with E-state index in [1.165, 1.54) is 5.56 Å². The second-order valence-corrected chi connectivity index (χ2v) is 7.51. The van der Waals surface area contributed by atoms with Gasteiger partial charge >= 0.3 is 6.03 Å². The summed E-state index contributed by atoms with van der Waals surface area (Å²) in [5.41, 5.74) is 2.67. The lowest BCUT2D eigenvalue weighted by Gasteiger charge is -2.18. The van der Waals surface area contributed by atoms with E-state index < -0.39 is 0 Å². The Morgan fingerprint density at radius 1 is 1.22 bits per heavy atom. The van der Waals surface area contributed by atoms with Crippen LogP contribution in [0.25, 0.3) is 0 Å². The van der Waals surface area contributed by atoms with Crippen LogP contribution in [0.2, 0.25) is 0 Å². The molecule has 2 fully saturated rings. The van der Waals surface area contributed by atoms with E-state index in [1.807, 2.05) is 29.2 Å².